The molecule has 2 bridgehead atoms. The Labute approximate surface area is 178 Å². The summed E-state index contributed by atoms with van der Waals surface area (Å²) < 4.78 is 67.9. The van der Waals surface area contributed by atoms with Crippen molar-refractivity contribution < 1.29 is 25.8 Å². The number of benzene rings is 3. The molecule has 3 aliphatic carbocycles. The van der Waals surface area contributed by atoms with E-state index in [-0.39, 0.29) is 11.7 Å². The minimum Gasteiger partial charge on any atom is -0.376 e. The Morgan fingerprint density at radius 1 is 0.759 bits per heavy atom. The molecule has 0 heterocycles. The standard InChI is InChI=1S/C21H12F3IO3S/c22-21(23,24)29(26,27)28-16-10-9-15(25)19-17-11-5-1-3-7-13(11)18(20(16)19)14-8-4-2-6-12(14)17/h1-10,17-18H. The van der Waals surface area contributed by atoms with Crippen molar-refractivity contribution in [1.82, 2.24) is 0 Å². The van der Waals surface area contributed by atoms with Crippen molar-refractivity contribution in [1.29, 1.82) is 0 Å². The van der Waals surface area contributed by atoms with Crippen LogP contribution in [0.1, 0.15) is 45.2 Å². The summed E-state index contributed by atoms with van der Waals surface area (Å²) >= 11 is 2.14. The number of hydrogen-bond acceptors (Lipinski definition) is 3. The average Bonchev–Trinajstić information content (AvgIpc) is 2.69. The average molecular weight is 528 g/mol. The van der Waals surface area contributed by atoms with Gasteiger partial charge in [-0.15, -0.1) is 0 Å². The maximum absolute atomic E-state index is 13.0. The van der Waals surface area contributed by atoms with Gasteiger partial charge >= 0.3 is 15.6 Å². The van der Waals surface area contributed by atoms with E-state index in [1.807, 2.05) is 48.5 Å². The van der Waals surface area contributed by atoms with E-state index < -0.39 is 21.5 Å². The van der Waals surface area contributed by atoms with Crippen LogP contribution in [0.15, 0.2) is 60.7 Å². The van der Waals surface area contributed by atoms with E-state index in [1.165, 1.54) is 6.07 Å². The maximum Gasteiger partial charge on any atom is 0.534 e. The highest BCUT2D eigenvalue weighted by atomic mass is 127. The zero-order chi connectivity index (χ0) is 20.6. The minimum atomic E-state index is -5.77. The van der Waals surface area contributed by atoms with Crippen LogP contribution >= 0.6 is 22.6 Å². The van der Waals surface area contributed by atoms with Gasteiger partial charge in [0.25, 0.3) is 0 Å². The molecule has 0 aliphatic heterocycles. The second-order valence-electron chi connectivity index (χ2n) is 6.98. The predicted octanol–water partition coefficient (Wildman–Crippen LogP) is 5.51. The molecule has 0 unspecified atom stereocenters. The molecular formula is C21H12F3IO3S. The van der Waals surface area contributed by atoms with Gasteiger partial charge in [-0.25, -0.2) is 0 Å². The lowest BCUT2D eigenvalue weighted by Crippen LogP contribution is -2.32. The predicted molar refractivity (Wildman–Crippen MR) is 110 cm³/mol. The molecule has 3 aromatic carbocycles. The molecule has 3 aliphatic rings. The summed E-state index contributed by atoms with van der Waals surface area (Å²) in [5.41, 5.74) is -0.114. The highest BCUT2D eigenvalue weighted by Gasteiger charge is 2.50. The summed E-state index contributed by atoms with van der Waals surface area (Å²) in [5, 5.41) is 0. The Morgan fingerprint density at radius 2 is 1.21 bits per heavy atom. The first-order valence-corrected chi connectivity index (χ1v) is 11.2. The highest BCUT2D eigenvalue weighted by molar-refractivity contribution is 14.1. The Kier molecular flexibility index (Phi) is 4.05. The smallest absolute Gasteiger partial charge is 0.376 e. The van der Waals surface area contributed by atoms with Gasteiger partial charge in [-0.3, -0.25) is 0 Å². The first kappa shape index (κ1) is 18.9. The molecule has 0 fully saturated rings. The van der Waals surface area contributed by atoms with Crippen LogP contribution < -0.4 is 4.18 Å². The van der Waals surface area contributed by atoms with Crippen LogP contribution in [0, 0.1) is 3.57 Å². The van der Waals surface area contributed by atoms with Crippen LogP contribution in [-0.4, -0.2) is 13.9 Å². The monoisotopic (exact) mass is 528 g/mol. The molecule has 8 heteroatoms. The first-order chi connectivity index (χ1) is 13.7. The molecule has 148 valence electrons. The van der Waals surface area contributed by atoms with Gasteiger partial charge < -0.3 is 4.18 Å². The fourth-order valence-electron chi connectivity index (χ4n) is 4.45. The largest absolute Gasteiger partial charge is 0.534 e. The molecule has 0 aromatic heterocycles. The summed E-state index contributed by atoms with van der Waals surface area (Å²) in [5.74, 6) is -0.848. The SMILES string of the molecule is O=S(=O)(Oc1ccc(I)c2c1C1c3ccccc3C2c2ccccc21)C(F)(F)F. The van der Waals surface area contributed by atoms with Crippen LogP contribution in [0.25, 0.3) is 0 Å². The van der Waals surface area contributed by atoms with E-state index in [1.54, 1.807) is 6.07 Å². The van der Waals surface area contributed by atoms with Crippen molar-refractivity contribution in [3.8, 4) is 5.75 Å². The molecule has 3 aromatic rings. The number of alkyl halides is 3. The van der Waals surface area contributed by atoms with Crippen LogP contribution in [0.4, 0.5) is 13.2 Å². The van der Waals surface area contributed by atoms with E-state index in [0.717, 1.165) is 31.4 Å². The third-order valence-corrected chi connectivity index (χ3v) is 7.40. The number of hydrogen-bond donors (Lipinski definition) is 0. The summed E-state index contributed by atoms with van der Waals surface area (Å²) in [6.45, 7) is 0. The van der Waals surface area contributed by atoms with Crippen molar-refractivity contribution in [3.63, 3.8) is 0 Å². The first-order valence-electron chi connectivity index (χ1n) is 8.71. The Hall–Kier alpha value is -2.07. The summed E-state index contributed by atoms with van der Waals surface area (Å²) in [6.07, 6.45) is 0. The van der Waals surface area contributed by atoms with E-state index in [0.29, 0.717) is 5.56 Å². The normalized spacial score (nSPS) is 19.3. The highest BCUT2D eigenvalue weighted by Crippen LogP contribution is 2.58. The lowest BCUT2D eigenvalue weighted by molar-refractivity contribution is -0.0500. The third-order valence-electron chi connectivity index (χ3n) is 5.49. The fourth-order valence-corrected chi connectivity index (χ4v) is 5.71. The molecule has 3 nitrogen and oxygen atoms in total. The third kappa shape index (κ3) is 2.64. The molecule has 0 spiro atoms. The van der Waals surface area contributed by atoms with Gasteiger partial charge in [-0.2, -0.15) is 21.6 Å². The van der Waals surface area contributed by atoms with Crippen molar-refractivity contribution in [2.45, 2.75) is 17.3 Å². The van der Waals surface area contributed by atoms with E-state index in [2.05, 4.69) is 26.8 Å². The number of halogens is 4. The summed E-state index contributed by atoms with van der Waals surface area (Å²) in [7, 11) is -5.77. The van der Waals surface area contributed by atoms with Gasteiger partial charge in [0.1, 0.15) is 5.75 Å². The lowest BCUT2D eigenvalue weighted by Gasteiger charge is -2.43. The van der Waals surface area contributed by atoms with Crippen molar-refractivity contribution in [2.24, 2.45) is 0 Å². The lowest BCUT2D eigenvalue weighted by atomic mass is 9.61. The van der Waals surface area contributed by atoms with Crippen LogP contribution in [0.3, 0.4) is 0 Å². The molecule has 0 atom stereocenters. The van der Waals surface area contributed by atoms with Crippen LogP contribution in [-0.2, 0) is 10.1 Å². The molecule has 0 saturated heterocycles. The quantitative estimate of drug-likeness (QED) is 0.173. The zero-order valence-electron chi connectivity index (χ0n) is 14.6. The second kappa shape index (κ2) is 6.21. The van der Waals surface area contributed by atoms with E-state index >= 15 is 0 Å². The van der Waals surface area contributed by atoms with E-state index in [9.17, 15) is 21.6 Å². The van der Waals surface area contributed by atoms with Gasteiger partial charge in [0.15, 0.2) is 0 Å². The van der Waals surface area contributed by atoms with Gasteiger partial charge in [-0.1, -0.05) is 48.5 Å². The van der Waals surface area contributed by atoms with Gasteiger partial charge in [0, 0.05) is 21.0 Å². The van der Waals surface area contributed by atoms with Crippen LogP contribution in [0.5, 0.6) is 5.75 Å². The summed E-state index contributed by atoms with van der Waals surface area (Å²) in [4.78, 5) is 0. The Morgan fingerprint density at radius 3 is 1.66 bits per heavy atom. The maximum atomic E-state index is 13.0. The zero-order valence-corrected chi connectivity index (χ0v) is 17.5. The molecule has 29 heavy (non-hydrogen) atoms. The molecular weight excluding hydrogens is 516 g/mol. The van der Waals surface area contributed by atoms with Crippen molar-refractivity contribution >= 4 is 32.7 Å². The molecule has 0 saturated carbocycles. The van der Waals surface area contributed by atoms with Gasteiger partial charge in [-0.05, 0) is 62.5 Å². The molecule has 0 amide bonds. The van der Waals surface area contributed by atoms with Crippen molar-refractivity contribution in [2.75, 3.05) is 0 Å². The second-order valence-corrected chi connectivity index (χ2v) is 9.68. The van der Waals surface area contributed by atoms with Gasteiger partial charge in [0.2, 0.25) is 0 Å². The topological polar surface area (TPSA) is 43.4 Å². The van der Waals surface area contributed by atoms with E-state index in [4.69, 9.17) is 0 Å². The minimum absolute atomic E-state index is 0.188. The molecule has 0 N–H and O–H groups in total. The van der Waals surface area contributed by atoms with Gasteiger partial charge in [0.05, 0.1) is 0 Å². The summed E-state index contributed by atoms with van der Waals surface area (Å²) in [6, 6.07) is 18.4. The Balaban J connectivity index is 1.80. The fraction of sp³-hybridized carbons (Fsp3) is 0.143. The van der Waals surface area contributed by atoms with Crippen molar-refractivity contribution in [3.05, 3.63) is 97.6 Å². The molecule has 6 rings (SSSR count). The van der Waals surface area contributed by atoms with Crippen LogP contribution in [0.2, 0.25) is 0 Å². The number of rotatable bonds is 2. The Bertz CT molecular complexity index is 1220. The molecule has 0 radical (unpaired) electrons.